The van der Waals surface area contributed by atoms with Crippen LogP contribution in [0.3, 0.4) is 0 Å². The number of carbonyl (C=O) groups excluding carboxylic acids is 1. The molecule has 7 heteroatoms. The van der Waals surface area contributed by atoms with Crippen LogP contribution in [0, 0.1) is 13.8 Å². The molecule has 24 heavy (non-hydrogen) atoms. The summed E-state index contributed by atoms with van der Waals surface area (Å²) in [6.07, 6.45) is 4.06. The van der Waals surface area contributed by atoms with Crippen LogP contribution in [0.2, 0.25) is 0 Å². The van der Waals surface area contributed by atoms with Crippen molar-refractivity contribution in [2.45, 2.75) is 39.3 Å². The van der Waals surface area contributed by atoms with Crippen LogP contribution in [0.15, 0.2) is 6.33 Å². The van der Waals surface area contributed by atoms with Crippen LogP contribution in [0.25, 0.3) is 0 Å². The summed E-state index contributed by atoms with van der Waals surface area (Å²) in [5.74, 6) is 2.52. The number of imidazole rings is 1. The van der Waals surface area contributed by atoms with Crippen molar-refractivity contribution in [1.29, 1.82) is 0 Å². The zero-order valence-electron chi connectivity index (χ0n) is 14.8. The Labute approximate surface area is 149 Å². The van der Waals surface area contributed by atoms with E-state index in [1.807, 2.05) is 18.2 Å². The van der Waals surface area contributed by atoms with Gasteiger partial charge in [-0.15, -0.1) is 0 Å². The molecule has 6 nitrogen and oxygen atoms in total. The number of thioether (sulfide) groups is 1. The minimum atomic E-state index is 0.0807. The number of hydrogen-bond donors (Lipinski definition) is 1. The Balaban J connectivity index is 1.38. The van der Waals surface area contributed by atoms with E-state index in [0.29, 0.717) is 12.6 Å². The highest BCUT2D eigenvalue weighted by molar-refractivity contribution is 7.99. The molecule has 2 fully saturated rings. The first kappa shape index (κ1) is 17.6. The Morgan fingerprint density at radius 3 is 2.58 bits per heavy atom. The zero-order valence-corrected chi connectivity index (χ0v) is 15.6. The van der Waals surface area contributed by atoms with Gasteiger partial charge in [0.25, 0.3) is 0 Å². The van der Waals surface area contributed by atoms with Crippen molar-refractivity contribution in [2.24, 2.45) is 0 Å². The van der Waals surface area contributed by atoms with E-state index in [9.17, 15) is 4.79 Å². The fraction of sp³-hybridized carbons (Fsp3) is 0.765. The van der Waals surface area contributed by atoms with Crippen LogP contribution in [-0.2, 0) is 6.54 Å². The van der Waals surface area contributed by atoms with Crippen molar-refractivity contribution in [3.63, 3.8) is 0 Å². The second-order valence-corrected chi connectivity index (χ2v) is 7.93. The molecule has 1 aromatic rings. The summed E-state index contributed by atoms with van der Waals surface area (Å²) in [6, 6.07) is 0.753. The van der Waals surface area contributed by atoms with E-state index in [2.05, 4.69) is 38.5 Å². The first-order valence-electron chi connectivity index (χ1n) is 8.98. The number of nitrogens with one attached hydrogen (secondary N) is 1. The van der Waals surface area contributed by atoms with Gasteiger partial charge in [0, 0.05) is 62.5 Å². The molecule has 2 aliphatic heterocycles. The summed E-state index contributed by atoms with van der Waals surface area (Å²) in [6.45, 7) is 9.69. The van der Waals surface area contributed by atoms with Gasteiger partial charge in [-0.2, -0.15) is 11.8 Å². The third kappa shape index (κ3) is 4.25. The summed E-state index contributed by atoms with van der Waals surface area (Å²) in [7, 11) is 0. The minimum absolute atomic E-state index is 0.0807. The summed E-state index contributed by atoms with van der Waals surface area (Å²) >= 11 is 2.06. The monoisotopic (exact) mass is 351 g/mol. The molecule has 0 aromatic carbocycles. The number of hydrogen-bond acceptors (Lipinski definition) is 4. The molecule has 2 aliphatic rings. The van der Waals surface area contributed by atoms with Gasteiger partial charge in [-0.3, -0.25) is 4.90 Å². The second-order valence-electron chi connectivity index (χ2n) is 6.71. The number of carbonyl (C=O) groups is 1. The largest absolute Gasteiger partial charge is 0.336 e. The van der Waals surface area contributed by atoms with Gasteiger partial charge in [0.05, 0.1) is 12.0 Å². The number of nitrogens with zero attached hydrogens (tertiary/aromatic N) is 4. The van der Waals surface area contributed by atoms with Gasteiger partial charge in [0.1, 0.15) is 0 Å². The molecule has 2 amide bonds. The van der Waals surface area contributed by atoms with Crippen molar-refractivity contribution in [1.82, 2.24) is 24.7 Å². The molecule has 0 radical (unpaired) electrons. The van der Waals surface area contributed by atoms with Gasteiger partial charge in [-0.05, 0) is 26.7 Å². The molecule has 0 bridgehead atoms. The fourth-order valence-electron chi connectivity index (χ4n) is 3.54. The predicted octanol–water partition coefficient (Wildman–Crippen LogP) is 1.72. The lowest BCUT2D eigenvalue weighted by Gasteiger charge is -2.40. The number of aryl methyl sites for hydroxylation is 1. The summed E-state index contributed by atoms with van der Waals surface area (Å²) in [5, 5.41) is 3.05. The van der Waals surface area contributed by atoms with Crippen LogP contribution < -0.4 is 5.32 Å². The topological polar surface area (TPSA) is 53.4 Å². The van der Waals surface area contributed by atoms with Gasteiger partial charge in [-0.1, -0.05) is 0 Å². The maximum Gasteiger partial charge on any atom is 0.317 e. The molecule has 1 aromatic heterocycles. The fourth-order valence-corrected chi connectivity index (χ4v) is 4.47. The molecule has 1 N–H and O–H groups in total. The van der Waals surface area contributed by atoms with E-state index < -0.39 is 0 Å². The third-order valence-corrected chi connectivity index (χ3v) is 6.23. The van der Waals surface area contributed by atoms with Crippen molar-refractivity contribution in [3.8, 4) is 0 Å². The van der Waals surface area contributed by atoms with Gasteiger partial charge >= 0.3 is 6.03 Å². The molecule has 134 valence electrons. The summed E-state index contributed by atoms with van der Waals surface area (Å²) < 4.78 is 2.09. The maximum absolute atomic E-state index is 12.3. The van der Waals surface area contributed by atoms with Crippen molar-refractivity contribution >= 4 is 17.8 Å². The number of piperidine rings is 1. The lowest BCUT2D eigenvalue weighted by Crippen LogP contribution is -2.51. The summed E-state index contributed by atoms with van der Waals surface area (Å²) in [5.41, 5.74) is 2.23. The standard InChI is InChI=1S/C17H29N5OS/c1-14-15(2)22(13-19-14)8-5-18-17(23)21-6-3-16(4-7-21)20-9-11-24-12-10-20/h13,16H,3-12H2,1-2H3,(H,18,23). The van der Waals surface area contributed by atoms with Crippen LogP contribution in [0.1, 0.15) is 24.2 Å². The Morgan fingerprint density at radius 1 is 1.25 bits per heavy atom. The van der Waals surface area contributed by atoms with Crippen LogP contribution in [0.4, 0.5) is 4.79 Å². The van der Waals surface area contributed by atoms with Gasteiger partial charge < -0.3 is 14.8 Å². The number of urea groups is 1. The Hall–Kier alpha value is -1.21. The molecular formula is C17H29N5OS. The van der Waals surface area contributed by atoms with Gasteiger partial charge in [0.15, 0.2) is 0 Å². The van der Waals surface area contributed by atoms with Gasteiger partial charge in [0.2, 0.25) is 0 Å². The number of amides is 2. The lowest BCUT2D eigenvalue weighted by molar-refractivity contribution is 0.124. The Kier molecular flexibility index (Phi) is 6.05. The zero-order chi connectivity index (χ0) is 16.9. The summed E-state index contributed by atoms with van der Waals surface area (Å²) in [4.78, 5) is 21.2. The number of aromatic nitrogens is 2. The molecule has 0 spiro atoms. The van der Waals surface area contributed by atoms with Crippen molar-refractivity contribution < 1.29 is 4.79 Å². The SMILES string of the molecule is Cc1ncn(CCNC(=O)N2CCC(N3CCSCC3)CC2)c1C. The van der Waals surface area contributed by atoms with E-state index in [1.54, 1.807) is 0 Å². The smallest absolute Gasteiger partial charge is 0.317 e. The van der Waals surface area contributed by atoms with Crippen LogP contribution in [-0.4, -0.2) is 75.7 Å². The highest BCUT2D eigenvalue weighted by Crippen LogP contribution is 2.20. The van der Waals surface area contributed by atoms with Crippen LogP contribution in [0.5, 0.6) is 0 Å². The van der Waals surface area contributed by atoms with Crippen LogP contribution >= 0.6 is 11.8 Å². The lowest BCUT2D eigenvalue weighted by atomic mass is 10.0. The molecule has 2 saturated heterocycles. The molecule has 0 aliphatic carbocycles. The van der Waals surface area contributed by atoms with E-state index in [0.717, 1.165) is 38.2 Å². The molecular weight excluding hydrogens is 322 g/mol. The molecule has 0 atom stereocenters. The van der Waals surface area contributed by atoms with E-state index in [4.69, 9.17) is 0 Å². The first-order chi connectivity index (χ1) is 11.6. The molecule has 0 saturated carbocycles. The predicted molar refractivity (Wildman–Crippen MR) is 98.6 cm³/mol. The van der Waals surface area contributed by atoms with Crippen molar-refractivity contribution in [3.05, 3.63) is 17.7 Å². The highest BCUT2D eigenvalue weighted by Gasteiger charge is 2.27. The Bertz CT molecular complexity index is 547. The maximum atomic E-state index is 12.3. The first-order valence-corrected chi connectivity index (χ1v) is 10.1. The average Bonchev–Trinajstić information content (AvgIpc) is 2.95. The van der Waals surface area contributed by atoms with Gasteiger partial charge in [-0.25, -0.2) is 9.78 Å². The molecule has 3 heterocycles. The van der Waals surface area contributed by atoms with E-state index in [-0.39, 0.29) is 6.03 Å². The van der Waals surface area contributed by atoms with E-state index >= 15 is 0 Å². The van der Waals surface area contributed by atoms with Crippen molar-refractivity contribution in [2.75, 3.05) is 44.2 Å². The molecule has 3 rings (SSSR count). The normalized spacial score (nSPS) is 20.3. The minimum Gasteiger partial charge on any atom is -0.336 e. The number of rotatable bonds is 4. The molecule has 0 unspecified atom stereocenters. The Morgan fingerprint density at radius 2 is 1.96 bits per heavy atom. The highest BCUT2D eigenvalue weighted by atomic mass is 32.2. The quantitative estimate of drug-likeness (QED) is 0.897. The average molecular weight is 352 g/mol. The van der Waals surface area contributed by atoms with E-state index in [1.165, 1.54) is 30.3 Å². The number of likely N-dealkylation sites (tertiary alicyclic amines) is 1. The second kappa shape index (κ2) is 8.25. The third-order valence-electron chi connectivity index (χ3n) is 5.29.